The zero-order valence-corrected chi connectivity index (χ0v) is 9.17. The maximum Gasteiger partial charge on any atom is -0.000239 e. The molecule has 1 saturated heterocycles. The molecule has 1 nitrogen and oxygen atoms in total. The van der Waals surface area contributed by atoms with Gasteiger partial charge in [0.1, 0.15) is 0 Å². The van der Waals surface area contributed by atoms with Gasteiger partial charge in [0, 0.05) is 0 Å². The summed E-state index contributed by atoms with van der Waals surface area (Å²) < 4.78 is 0. The summed E-state index contributed by atoms with van der Waals surface area (Å²) in [6.45, 7) is 0.787. The van der Waals surface area contributed by atoms with E-state index in [1.807, 2.05) is 0 Å². The van der Waals surface area contributed by atoms with Gasteiger partial charge in [0.2, 0.25) is 0 Å². The van der Waals surface area contributed by atoms with E-state index in [4.69, 9.17) is 5.73 Å². The Morgan fingerprint density at radius 1 is 1.36 bits per heavy atom. The Hall–Kier alpha value is -0.470. The summed E-state index contributed by atoms with van der Waals surface area (Å²) >= 11 is 2.06. The van der Waals surface area contributed by atoms with Crippen LogP contribution in [-0.4, -0.2) is 18.1 Å². The first kappa shape index (κ1) is 10.1. The average molecular weight is 207 g/mol. The molecule has 0 radical (unpaired) electrons. The molecule has 2 heteroatoms. The molecular weight excluding hydrogens is 190 g/mol. The monoisotopic (exact) mass is 207 g/mol. The Morgan fingerprint density at radius 3 is 2.71 bits per heavy atom. The van der Waals surface area contributed by atoms with Crippen LogP contribution >= 0.6 is 11.8 Å². The Labute approximate surface area is 90.1 Å². The summed E-state index contributed by atoms with van der Waals surface area (Å²) in [6, 6.07) is 10.7. The first-order valence-electron chi connectivity index (χ1n) is 5.24. The molecule has 2 N–H and O–H groups in total. The summed E-state index contributed by atoms with van der Waals surface area (Å²) in [6.07, 6.45) is 1.33. The number of hydrogen-bond acceptors (Lipinski definition) is 2. The molecule has 1 aromatic carbocycles. The third-order valence-corrected chi connectivity index (χ3v) is 4.20. The van der Waals surface area contributed by atoms with Crippen LogP contribution in [0.2, 0.25) is 0 Å². The first-order chi connectivity index (χ1) is 6.92. The van der Waals surface area contributed by atoms with Crippen molar-refractivity contribution in [1.82, 2.24) is 0 Å². The van der Waals surface area contributed by atoms with Gasteiger partial charge in [0.15, 0.2) is 0 Å². The Morgan fingerprint density at radius 2 is 2.14 bits per heavy atom. The molecule has 0 saturated carbocycles. The minimum atomic E-state index is 0.575. The summed E-state index contributed by atoms with van der Waals surface area (Å²) in [7, 11) is 0. The highest BCUT2D eigenvalue weighted by Crippen LogP contribution is 2.34. The van der Waals surface area contributed by atoms with E-state index in [2.05, 4.69) is 42.1 Å². The lowest BCUT2D eigenvalue weighted by Crippen LogP contribution is -2.21. The van der Waals surface area contributed by atoms with Crippen molar-refractivity contribution in [2.24, 2.45) is 11.7 Å². The van der Waals surface area contributed by atoms with Crippen LogP contribution in [0.15, 0.2) is 30.3 Å². The summed E-state index contributed by atoms with van der Waals surface area (Å²) in [5.74, 6) is 3.98. The molecule has 2 unspecified atom stereocenters. The zero-order valence-electron chi connectivity index (χ0n) is 8.36. The molecule has 1 fully saturated rings. The van der Waals surface area contributed by atoms with Gasteiger partial charge in [-0.05, 0) is 41.9 Å². The highest BCUT2D eigenvalue weighted by Gasteiger charge is 2.25. The van der Waals surface area contributed by atoms with E-state index < -0.39 is 0 Å². The fraction of sp³-hybridized carbons (Fsp3) is 0.500. The number of thioether (sulfide) groups is 1. The van der Waals surface area contributed by atoms with Crippen LogP contribution in [0.3, 0.4) is 0 Å². The topological polar surface area (TPSA) is 26.0 Å². The second-order valence-electron chi connectivity index (χ2n) is 3.88. The first-order valence-corrected chi connectivity index (χ1v) is 6.40. The van der Waals surface area contributed by atoms with Crippen molar-refractivity contribution < 1.29 is 0 Å². The van der Waals surface area contributed by atoms with Gasteiger partial charge < -0.3 is 5.73 Å². The predicted octanol–water partition coefficient (Wildman–Crippen LogP) is 2.48. The van der Waals surface area contributed by atoms with Crippen molar-refractivity contribution in [3.8, 4) is 0 Å². The van der Waals surface area contributed by atoms with Crippen LogP contribution in [0.25, 0.3) is 0 Å². The lowest BCUT2D eigenvalue weighted by Gasteiger charge is -2.21. The summed E-state index contributed by atoms with van der Waals surface area (Å²) in [5.41, 5.74) is 7.29. The third-order valence-electron chi connectivity index (χ3n) is 3.02. The van der Waals surface area contributed by atoms with Crippen molar-refractivity contribution in [3.63, 3.8) is 0 Å². The number of nitrogens with two attached hydrogens (primary N) is 1. The van der Waals surface area contributed by atoms with Crippen molar-refractivity contribution in [2.75, 3.05) is 18.1 Å². The van der Waals surface area contributed by atoms with Crippen LogP contribution in [0.4, 0.5) is 0 Å². The molecule has 0 aromatic heterocycles. The van der Waals surface area contributed by atoms with Gasteiger partial charge in [-0.15, -0.1) is 0 Å². The number of hydrogen-bond donors (Lipinski definition) is 1. The summed E-state index contributed by atoms with van der Waals surface area (Å²) in [4.78, 5) is 0. The molecule has 2 rings (SSSR count). The molecule has 0 spiro atoms. The molecule has 1 aromatic rings. The smallest absolute Gasteiger partial charge is 0.000239 e. The maximum atomic E-state index is 5.88. The van der Waals surface area contributed by atoms with Crippen LogP contribution in [0.5, 0.6) is 0 Å². The molecule has 2 atom stereocenters. The SMILES string of the molecule is NCC(c1ccccc1)C1CCSC1. The van der Waals surface area contributed by atoms with Gasteiger partial charge in [0.25, 0.3) is 0 Å². The highest BCUT2D eigenvalue weighted by atomic mass is 32.2. The molecule has 0 bridgehead atoms. The fourth-order valence-corrected chi connectivity index (χ4v) is 3.51. The van der Waals surface area contributed by atoms with Crippen molar-refractivity contribution in [3.05, 3.63) is 35.9 Å². The van der Waals surface area contributed by atoms with Gasteiger partial charge in [-0.1, -0.05) is 30.3 Å². The quantitative estimate of drug-likeness (QED) is 0.824. The van der Waals surface area contributed by atoms with Crippen LogP contribution in [-0.2, 0) is 0 Å². The Bertz CT molecular complexity index is 267. The molecule has 1 aliphatic heterocycles. The van der Waals surface area contributed by atoms with Crippen molar-refractivity contribution in [2.45, 2.75) is 12.3 Å². The van der Waals surface area contributed by atoms with Gasteiger partial charge in [-0.2, -0.15) is 11.8 Å². The zero-order chi connectivity index (χ0) is 9.80. The maximum absolute atomic E-state index is 5.88. The van der Waals surface area contributed by atoms with Crippen molar-refractivity contribution in [1.29, 1.82) is 0 Å². The number of rotatable bonds is 3. The van der Waals surface area contributed by atoms with E-state index in [1.165, 1.54) is 23.5 Å². The minimum absolute atomic E-state index is 0.575. The van der Waals surface area contributed by atoms with Gasteiger partial charge >= 0.3 is 0 Å². The molecule has 76 valence electrons. The predicted molar refractivity (Wildman–Crippen MR) is 63.7 cm³/mol. The van der Waals surface area contributed by atoms with E-state index in [1.54, 1.807) is 0 Å². The van der Waals surface area contributed by atoms with E-state index in [0.29, 0.717) is 5.92 Å². The third kappa shape index (κ3) is 2.12. The van der Waals surface area contributed by atoms with E-state index >= 15 is 0 Å². The van der Waals surface area contributed by atoms with Crippen molar-refractivity contribution >= 4 is 11.8 Å². The molecule has 1 aliphatic rings. The van der Waals surface area contributed by atoms with Gasteiger partial charge in [0.05, 0.1) is 0 Å². The van der Waals surface area contributed by atoms with E-state index in [0.717, 1.165) is 12.5 Å². The highest BCUT2D eigenvalue weighted by molar-refractivity contribution is 7.99. The molecular formula is C12H17NS. The van der Waals surface area contributed by atoms with Crippen LogP contribution < -0.4 is 5.73 Å². The Kier molecular flexibility index (Phi) is 3.49. The average Bonchev–Trinajstić information content (AvgIpc) is 2.74. The lowest BCUT2D eigenvalue weighted by atomic mass is 9.86. The molecule has 14 heavy (non-hydrogen) atoms. The minimum Gasteiger partial charge on any atom is -0.330 e. The second kappa shape index (κ2) is 4.85. The number of benzene rings is 1. The lowest BCUT2D eigenvalue weighted by molar-refractivity contribution is 0.476. The standard InChI is InChI=1S/C12H17NS/c13-8-12(11-6-7-14-9-11)10-4-2-1-3-5-10/h1-5,11-12H,6-9,13H2. The van der Waals surface area contributed by atoms with Gasteiger partial charge in [-0.3, -0.25) is 0 Å². The second-order valence-corrected chi connectivity index (χ2v) is 5.03. The molecule has 0 aliphatic carbocycles. The fourth-order valence-electron chi connectivity index (χ4n) is 2.17. The Balaban J connectivity index is 2.12. The largest absolute Gasteiger partial charge is 0.330 e. The van der Waals surface area contributed by atoms with Crippen LogP contribution in [0.1, 0.15) is 17.9 Å². The van der Waals surface area contributed by atoms with E-state index in [9.17, 15) is 0 Å². The normalized spacial score (nSPS) is 23.6. The molecule has 1 heterocycles. The van der Waals surface area contributed by atoms with Gasteiger partial charge in [-0.25, -0.2) is 0 Å². The molecule has 0 amide bonds. The van der Waals surface area contributed by atoms with E-state index in [-0.39, 0.29) is 0 Å². The summed E-state index contributed by atoms with van der Waals surface area (Å²) in [5, 5.41) is 0. The van der Waals surface area contributed by atoms with Crippen LogP contribution in [0, 0.1) is 5.92 Å².